The van der Waals surface area contributed by atoms with E-state index >= 15 is 0 Å². The zero-order valence-corrected chi connectivity index (χ0v) is 14.4. The number of nitrogens with zero attached hydrogens (tertiary/aromatic N) is 3. The van der Waals surface area contributed by atoms with Crippen molar-refractivity contribution in [2.24, 2.45) is 4.99 Å². The van der Waals surface area contributed by atoms with Crippen LogP contribution >= 0.6 is 0 Å². The van der Waals surface area contributed by atoms with Crippen LogP contribution in [-0.4, -0.2) is 54.5 Å². The first-order valence-corrected chi connectivity index (χ1v) is 8.20. The average molecular weight is 356 g/mol. The van der Waals surface area contributed by atoms with E-state index in [9.17, 15) is 9.59 Å². The molecule has 3 rings (SSSR count). The minimum atomic E-state index is -0.365. The molecule has 1 aliphatic rings. The van der Waals surface area contributed by atoms with Gasteiger partial charge in [-0.25, -0.2) is 9.78 Å². The topological polar surface area (TPSA) is 112 Å². The Bertz CT molecular complexity index is 786. The van der Waals surface area contributed by atoms with Crippen LogP contribution in [0.1, 0.15) is 5.69 Å². The number of hydrogen-bond acceptors (Lipinski definition) is 5. The monoisotopic (exact) mass is 356 g/mol. The Labute approximate surface area is 150 Å². The van der Waals surface area contributed by atoms with Gasteiger partial charge < -0.3 is 20.4 Å². The molecule has 1 saturated heterocycles. The van der Waals surface area contributed by atoms with Crippen LogP contribution in [0.2, 0.25) is 0 Å². The number of imide groups is 1. The number of benzene rings is 1. The van der Waals surface area contributed by atoms with Gasteiger partial charge in [-0.3, -0.25) is 14.7 Å². The van der Waals surface area contributed by atoms with Crippen LogP contribution in [0.4, 0.5) is 4.79 Å². The van der Waals surface area contributed by atoms with Gasteiger partial charge in [0.15, 0.2) is 5.96 Å². The van der Waals surface area contributed by atoms with Crippen molar-refractivity contribution in [2.75, 3.05) is 26.7 Å². The number of urea groups is 1. The molecule has 1 aromatic carbocycles. The zero-order valence-electron chi connectivity index (χ0n) is 14.4. The number of carbonyl (C=O) groups is 2. The van der Waals surface area contributed by atoms with Crippen molar-refractivity contribution in [3.63, 3.8) is 0 Å². The number of aliphatic imine (C=N–C) groups is 1. The molecule has 1 aromatic heterocycles. The maximum absolute atomic E-state index is 11.5. The number of amides is 3. The van der Waals surface area contributed by atoms with E-state index in [1.165, 1.54) is 4.90 Å². The predicted molar refractivity (Wildman–Crippen MR) is 95.3 cm³/mol. The zero-order chi connectivity index (χ0) is 18.4. The summed E-state index contributed by atoms with van der Waals surface area (Å²) in [6.07, 6.45) is 1.59. The molecular formula is C17H20N6O3. The second-order valence-corrected chi connectivity index (χ2v) is 5.57. The quantitative estimate of drug-likeness (QED) is 0.396. The minimum absolute atomic E-state index is 0.0573. The van der Waals surface area contributed by atoms with Crippen LogP contribution in [0.25, 0.3) is 11.5 Å². The molecule has 0 radical (unpaired) electrons. The SMILES string of the molecule is CN=C(NCCN1C(=O)CNC1=O)NCc1coc(-c2ccccc2)n1. The first-order valence-electron chi connectivity index (χ1n) is 8.20. The summed E-state index contributed by atoms with van der Waals surface area (Å²) >= 11 is 0. The molecule has 0 saturated carbocycles. The Morgan fingerprint density at radius 2 is 2.12 bits per heavy atom. The van der Waals surface area contributed by atoms with Gasteiger partial charge in [0.05, 0.1) is 18.8 Å². The molecule has 136 valence electrons. The number of guanidine groups is 1. The van der Waals surface area contributed by atoms with Crippen molar-refractivity contribution in [1.82, 2.24) is 25.8 Å². The predicted octanol–water partition coefficient (Wildman–Crippen LogP) is 0.558. The van der Waals surface area contributed by atoms with Crippen LogP contribution in [0, 0.1) is 0 Å². The Morgan fingerprint density at radius 3 is 2.81 bits per heavy atom. The summed E-state index contributed by atoms with van der Waals surface area (Å²) in [5, 5.41) is 8.64. The molecule has 3 N–H and O–H groups in total. The van der Waals surface area contributed by atoms with Crippen LogP contribution in [0.3, 0.4) is 0 Å². The van der Waals surface area contributed by atoms with E-state index in [4.69, 9.17) is 4.42 Å². The van der Waals surface area contributed by atoms with Crippen molar-refractivity contribution < 1.29 is 14.0 Å². The first kappa shape index (κ1) is 17.5. The van der Waals surface area contributed by atoms with E-state index in [1.54, 1.807) is 13.3 Å². The molecule has 0 spiro atoms. The van der Waals surface area contributed by atoms with Gasteiger partial charge in [0, 0.05) is 25.7 Å². The molecule has 26 heavy (non-hydrogen) atoms. The van der Waals surface area contributed by atoms with Crippen molar-refractivity contribution >= 4 is 17.9 Å². The third kappa shape index (κ3) is 4.18. The van der Waals surface area contributed by atoms with E-state index in [2.05, 4.69) is 25.9 Å². The van der Waals surface area contributed by atoms with E-state index < -0.39 is 0 Å². The van der Waals surface area contributed by atoms with E-state index in [1.807, 2.05) is 30.3 Å². The summed E-state index contributed by atoms with van der Waals surface area (Å²) in [6, 6.07) is 9.28. The molecule has 0 atom stereocenters. The van der Waals surface area contributed by atoms with Gasteiger partial charge in [-0.1, -0.05) is 18.2 Å². The second-order valence-electron chi connectivity index (χ2n) is 5.57. The Hall–Kier alpha value is -3.36. The fraction of sp³-hybridized carbons (Fsp3) is 0.294. The van der Waals surface area contributed by atoms with Crippen LogP contribution in [-0.2, 0) is 11.3 Å². The summed E-state index contributed by atoms with van der Waals surface area (Å²) in [5.41, 5.74) is 1.65. The van der Waals surface area contributed by atoms with Crippen molar-refractivity contribution in [3.05, 3.63) is 42.3 Å². The first-order chi connectivity index (χ1) is 12.7. The largest absolute Gasteiger partial charge is 0.444 e. The molecule has 2 aromatic rings. The lowest BCUT2D eigenvalue weighted by Gasteiger charge is -2.15. The number of hydrogen-bond donors (Lipinski definition) is 3. The molecule has 0 bridgehead atoms. The van der Waals surface area contributed by atoms with Crippen LogP contribution < -0.4 is 16.0 Å². The standard InChI is InChI=1S/C17H20N6O3/c1-18-16(19-7-8-23-14(24)10-21-17(23)25)20-9-13-11-26-15(22-13)12-5-3-2-4-6-12/h2-6,11H,7-10H2,1H3,(H,21,25)(H2,18,19,20). The number of rotatable bonds is 6. The second kappa shape index (κ2) is 8.15. The number of nitrogens with one attached hydrogen (secondary N) is 3. The fourth-order valence-corrected chi connectivity index (χ4v) is 2.46. The number of oxazole rings is 1. The van der Waals surface area contributed by atoms with Gasteiger partial charge >= 0.3 is 6.03 Å². The van der Waals surface area contributed by atoms with E-state index in [0.29, 0.717) is 24.9 Å². The summed E-state index contributed by atoms with van der Waals surface area (Å²) < 4.78 is 5.49. The van der Waals surface area contributed by atoms with Gasteiger partial charge in [-0.15, -0.1) is 0 Å². The highest BCUT2D eigenvalue weighted by Crippen LogP contribution is 2.17. The van der Waals surface area contributed by atoms with Crippen LogP contribution in [0.15, 0.2) is 46.0 Å². The van der Waals surface area contributed by atoms with Gasteiger partial charge in [-0.2, -0.15) is 0 Å². The van der Waals surface area contributed by atoms with Crippen LogP contribution in [0.5, 0.6) is 0 Å². The lowest BCUT2D eigenvalue weighted by Crippen LogP contribution is -2.43. The Balaban J connectivity index is 1.46. The highest BCUT2D eigenvalue weighted by molar-refractivity contribution is 6.01. The highest BCUT2D eigenvalue weighted by atomic mass is 16.3. The molecule has 9 nitrogen and oxygen atoms in total. The molecule has 1 aliphatic heterocycles. The molecule has 1 fully saturated rings. The molecule has 9 heteroatoms. The summed E-state index contributed by atoms with van der Waals surface area (Å²) in [7, 11) is 1.64. The van der Waals surface area contributed by atoms with Gasteiger partial charge in [0.25, 0.3) is 0 Å². The van der Waals surface area contributed by atoms with Gasteiger partial charge in [0.1, 0.15) is 6.26 Å². The highest BCUT2D eigenvalue weighted by Gasteiger charge is 2.27. The van der Waals surface area contributed by atoms with Gasteiger partial charge in [-0.05, 0) is 12.1 Å². The van der Waals surface area contributed by atoms with E-state index in [0.717, 1.165) is 11.3 Å². The molecule has 2 heterocycles. The lowest BCUT2D eigenvalue weighted by atomic mass is 10.2. The maximum atomic E-state index is 11.5. The third-order valence-corrected chi connectivity index (χ3v) is 3.80. The normalized spacial score (nSPS) is 14.5. The summed E-state index contributed by atoms with van der Waals surface area (Å²) in [6.45, 7) is 1.15. The van der Waals surface area contributed by atoms with Crippen molar-refractivity contribution in [1.29, 1.82) is 0 Å². The minimum Gasteiger partial charge on any atom is -0.444 e. The number of carbonyl (C=O) groups excluding carboxylic acids is 2. The third-order valence-electron chi connectivity index (χ3n) is 3.80. The maximum Gasteiger partial charge on any atom is 0.324 e. The fourth-order valence-electron chi connectivity index (χ4n) is 2.46. The number of aromatic nitrogens is 1. The summed E-state index contributed by atoms with van der Waals surface area (Å²) in [4.78, 5) is 32.7. The molecule has 0 unspecified atom stereocenters. The Kier molecular flexibility index (Phi) is 5.47. The average Bonchev–Trinajstić information content (AvgIpc) is 3.26. The van der Waals surface area contributed by atoms with Crippen molar-refractivity contribution in [2.45, 2.75) is 6.54 Å². The van der Waals surface area contributed by atoms with Crippen molar-refractivity contribution in [3.8, 4) is 11.5 Å². The lowest BCUT2D eigenvalue weighted by molar-refractivity contribution is -0.124. The smallest absolute Gasteiger partial charge is 0.324 e. The molecule has 0 aliphatic carbocycles. The van der Waals surface area contributed by atoms with E-state index in [-0.39, 0.29) is 25.0 Å². The molecule has 3 amide bonds. The summed E-state index contributed by atoms with van der Waals surface area (Å²) in [5.74, 6) is 0.876. The van der Waals surface area contributed by atoms with Gasteiger partial charge in [0.2, 0.25) is 11.8 Å². The molecular weight excluding hydrogens is 336 g/mol. The Morgan fingerprint density at radius 1 is 1.31 bits per heavy atom.